The van der Waals surface area contributed by atoms with Gasteiger partial charge in [0.25, 0.3) is 0 Å². The molecule has 1 atom stereocenters. The van der Waals surface area contributed by atoms with Crippen LogP contribution in [0.25, 0.3) is 11.0 Å². The predicted octanol–water partition coefficient (Wildman–Crippen LogP) is 4.22. The lowest BCUT2D eigenvalue weighted by molar-refractivity contribution is 0.0915. The van der Waals surface area contributed by atoms with Gasteiger partial charge in [0.2, 0.25) is 0 Å². The van der Waals surface area contributed by atoms with E-state index in [4.69, 9.17) is 4.42 Å². The van der Waals surface area contributed by atoms with Crippen LogP contribution in [0.4, 0.5) is 0 Å². The van der Waals surface area contributed by atoms with E-state index in [1.54, 1.807) is 0 Å². The molecule has 0 radical (unpaired) electrons. The molecular formula is C16H18O2. The maximum Gasteiger partial charge on any atom is 0.170 e. The normalized spacial score (nSPS) is 17.0. The zero-order chi connectivity index (χ0) is 12.7. The van der Waals surface area contributed by atoms with Crippen molar-refractivity contribution in [2.45, 2.75) is 33.1 Å². The number of ketones is 1. The van der Waals surface area contributed by atoms with Crippen LogP contribution >= 0.6 is 0 Å². The molecule has 1 saturated carbocycles. The number of hydrogen-bond donors (Lipinski definition) is 0. The number of fused-ring (bicyclic) bond motifs is 1. The standard InChI is InChI=1S/C16H18O2/c1-3-13-15(16(17)10(2)11-8-9-11)12-6-4-5-7-14(12)18-13/h4-7,10-11H,3,8-9H2,1-2H3. The van der Waals surface area contributed by atoms with Crippen molar-refractivity contribution in [3.05, 3.63) is 35.6 Å². The molecule has 1 aliphatic rings. The molecule has 0 saturated heterocycles. The lowest BCUT2D eigenvalue weighted by atomic mass is 9.93. The summed E-state index contributed by atoms with van der Waals surface area (Å²) in [6.45, 7) is 4.09. The van der Waals surface area contributed by atoms with E-state index in [0.29, 0.717) is 5.92 Å². The number of carbonyl (C=O) groups is 1. The van der Waals surface area contributed by atoms with E-state index >= 15 is 0 Å². The van der Waals surface area contributed by atoms with E-state index in [0.717, 1.165) is 28.7 Å². The smallest absolute Gasteiger partial charge is 0.170 e. The molecule has 0 bridgehead atoms. The molecule has 1 aromatic carbocycles. The van der Waals surface area contributed by atoms with Gasteiger partial charge in [0.15, 0.2) is 5.78 Å². The van der Waals surface area contributed by atoms with Crippen molar-refractivity contribution in [1.82, 2.24) is 0 Å². The van der Waals surface area contributed by atoms with Crippen LogP contribution in [0.1, 0.15) is 42.8 Å². The van der Waals surface area contributed by atoms with Crippen LogP contribution in [-0.2, 0) is 6.42 Å². The highest BCUT2D eigenvalue weighted by atomic mass is 16.3. The molecule has 2 nitrogen and oxygen atoms in total. The monoisotopic (exact) mass is 242 g/mol. The predicted molar refractivity (Wildman–Crippen MR) is 71.8 cm³/mol. The third-order valence-corrected chi connectivity index (χ3v) is 3.98. The summed E-state index contributed by atoms with van der Waals surface area (Å²) in [4.78, 5) is 12.6. The van der Waals surface area contributed by atoms with Crippen LogP contribution in [0.5, 0.6) is 0 Å². The van der Waals surface area contributed by atoms with E-state index in [-0.39, 0.29) is 11.7 Å². The summed E-state index contributed by atoms with van der Waals surface area (Å²) in [5.41, 5.74) is 1.66. The van der Waals surface area contributed by atoms with Gasteiger partial charge < -0.3 is 4.42 Å². The average Bonchev–Trinajstić information content (AvgIpc) is 3.17. The molecule has 3 rings (SSSR count). The number of hydrogen-bond acceptors (Lipinski definition) is 2. The molecule has 0 spiro atoms. The fourth-order valence-electron chi connectivity index (χ4n) is 2.65. The first kappa shape index (κ1) is 11.5. The molecule has 94 valence electrons. The average molecular weight is 242 g/mol. The highest BCUT2D eigenvalue weighted by molar-refractivity contribution is 6.09. The Bertz CT molecular complexity index is 590. The minimum Gasteiger partial charge on any atom is -0.460 e. The first-order chi connectivity index (χ1) is 8.72. The van der Waals surface area contributed by atoms with Crippen LogP contribution in [0.15, 0.2) is 28.7 Å². The van der Waals surface area contributed by atoms with Crippen molar-refractivity contribution in [1.29, 1.82) is 0 Å². The van der Waals surface area contributed by atoms with Gasteiger partial charge in [-0.05, 0) is 24.8 Å². The summed E-state index contributed by atoms with van der Waals surface area (Å²) in [6, 6.07) is 7.84. The lowest BCUT2D eigenvalue weighted by Crippen LogP contribution is -2.14. The maximum absolute atomic E-state index is 12.6. The van der Waals surface area contributed by atoms with Crippen LogP contribution in [0.3, 0.4) is 0 Å². The first-order valence-electron chi connectivity index (χ1n) is 6.77. The van der Waals surface area contributed by atoms with Crippen LogP contribution in [-0.4, -0.2) is 5.78 Å². The number of aryl methyl sites for hydroxylation is 1. The number of para-hydroxylation sites is 1. The summed E-state index contributed by atoms with van der Waals surface area (Å²) >= 11 is 0. The van der Waals surface area contributed by atoms with Crippen molar-refractivity contribution < 1.29 is 9.21 Å². The Morgan fingerprint density at radius 3 is 2.78 bits per heavy atom. The molecule has 0 amide bonds. The number of furan rings is 1. The molecule has 0 aliphatic heterocycles. The third-order valence-electron chi connectivity index (χ3n) is 3.98. The van der Waals surface area contributed by atoms with Crippen molar-refractivity contribution in [3.63, 3.8) is 0 Å². The molecule has 1 heterocycles. The van der Waals surface area contributed by atoms with Crippen LogP contribution < -0.4 is 0 Å². The first-order valence-corrected chi connectivity index (χ1v) is 6.77. The number of benzene rings is 1. The van der Waals surface area contributed by atoms with E-state index in [2.05, 4.69) is 6.92 Å². The van der Waals surface area contributed by atoms with Crippen molar-refractivity contribution in [2.24, 2.45) is 11.8 Å². The molecule has 0 N–H and O–H groups in total. The SMILES string of the molecule is CCc1oc2ccccc2c1C(=O)C(C)C1CC1. The largest absolute Gasteiger partial charge is 0.460 e. The van der Waals surface area contributed by atoms with Crippen molar-refractivity contribution in [2.75, 3.05) is 0 Å². The van der Waals surface area contributed by atoms with Gasteiger partial charge in [0.1, 0.15) is 11.3 Å². The zero-order valence-electron chi connectivity index (χ0n) is 10.9. The highest BCUT2D eigenvalue weighted by Crippen LogP contribution is 2.40. The summed E-state index contributed by atoms with van der Waals surface area (Å²) in [7, 11) is 0. The fraction of sp³-hybridized carbons (Fsp3) is 0.438. The summed E-state index contributed by atoms with van der Waals surface area (Å²) in [6.07, 6.45) is 3.17. The van der Waals surface area contributed by atoms with Gasteiger partial charge in [-0.1, -0.05) is 32.0 Å². The van der Waals surface area contributed by atoms with Gasteiger partial charge >= 0.3 is 0 Å². The van der Waals surface area contributed by atoms with Gasteiger partial charge in [0, 0.05) is 17.7 Å². The molecule has 1 aromatic heterocycles. The second-order valence-corrected chi connectivity index (χ2v) is 5.24. The van der Waals surface area contributed by atoms with Gasteiger partial charge in [-0.25, -0.2) is 0 Å². The fourth-order valence-corrected chi connectivity index (χ4v) is 2.65. The molecule has 1 unspecified atom stereocenters. The van der Waals surface area contributed by atoms with E-state index in [1.807, 2.05) is 31.2 Å². The zero-order valence-corrected chi connectivity index (χ0v) is 10.9. The second-order valence-electron chi connectivity index (χ2n) is 5.24. The van der Waals surface area contributed by atoms with Crippen molar-refractivity contribution in [3.8, 4) is 0 Å². The highest BCUT2D eigenvalue weighted by Gasteiger charge is 2.35. The minimum atomic E-state index is 0.135. The van der Waals surface area contributed by atoms with Gasteiger partial charge in [-0.3, -0.25) is 4.79 Å². The third kappa shape index (κ3) is 1.76. The quantitative estimate of drug-likeness (QED) is 0.751. The topological polar surface area (TPSA) is 30.2 Å². The minimum absolute atomic E-state index is 0.135. The summed E-state index contributed by atoms with van der Waals surface area (Å²) < 4.78 is 5.80. The number of Topliss-reactive ketones (excluding diaryl/α,β-unsaturated/α-hetero) is 1. The summed E-state index contributed by atoms with van der Waals surface area (Å²) in [5.74, 6) is 1.83. The van der Waals surface area contributed by atoms with Gasteiger partial charge in [-0.15, -0.1) is 0 Å². The van der Waals surface area contributed by atoms with E-state index < -0.39 is 0 Å². The maximum atomic E-state index is 12.6. The van der Waals surface area contributed by atoms with E-state index in [9.17, 15) is 4.79 Å². The Kier molecular flexibility index (Phi) is 2.73. The second kappa shape index (κ2) is 4.27. The molecule has 18 heavy (non-hydrogen) atoms. The van der Waals surface area contributed by atoms with Crippen molar-refractivity contribution >= 4 is 16.8 Å². The van der Waals surface area contributed by atoms with Crippen LogP contribution in [0.2, 0.25) is 0 Å². The Morgan fingerprint density at radius 2 is 2.11 bits per heavy atom. The Hall–Kier alpha value is -1.57. The Morgan fingerprint density at radius 1 is 1.39 bits per heavy atom. The van der Waals surface area contributed by atoms with Gasteiger partial charge in [0.05, 0.1) is 5.56 Å². The number of rotatable bonds is 4. The molecule has 1 fully saturated rings. The summed E-state index contributed by atoms with van der Waals surface area (Å²) in [5, 5.41) is 0.979. The van der Waals surface area contributed by atoms with Crippen LogP contribution in [0, 0.1) is 11.8 Å². The number of carbonyl (C=O) groups excluding carboxylic acids is 1. The molecule has 2 aromatic rings. The Labute approximate surface area is 107 Å². The van der Waals surface area contributed by atoms with E-state index in [1.165, 1.54) is 12.8 Å². The van der Waals surface area contributed by atoms with Gasteiger partial charge in [-0.2, -0.15) is 0 Å². The molecule has 1 aliphatic carbocycles. The Balaban J connectivity index is 2.10. The lowest BCUT2D eigenvalue weighted by Gasteiger charge is -2.08. The molecule has 2 heteroatoms. The molecular weight excluding hydrogens is 224 g/mol.